The predicted molar refractivity (Wildman–Crippen MR) is 170 cm³/mol. The Balaban J connectivity index is 1.34. The van der Waals surface area contributed by atoms with Crippen molar-refractivity contribution >= 4 is 35.1 Å². The zero-order chi connectivity index (χ0) is 30.0. The minimum Gasteiger partial charge on any atom is -0.493 e. The molecule has 0 spiro atoms. The molecule has 8 nitrogen and oxygen atoms in total. The summed E-state index contributed by atoms with van der Waals surface area (Å²) in [6.07, 6.45) is 5.04. The third-order valence-corrected chi connectivity index (χ3v) is 7.29. The Bertz CT molecular complexity index is 1610. The van der Waals surface area contributed by atoms with Gasteiger partial charge < -0.3 is 18.6 Å². The van der Waals surface area contributed by atoms with E-state index in [9.17, 15) is 4.79 Å². The maximum absolute atomic E-state index is 13.5. The second-order valence-corrected chi connectivity index (χ2v) is 11.2. The molecule has 5 rings (SSSR count). The van der Waals surface area contributed by atoms with E-state index >= 15 is 0 Å². The molecule has 220 valence electrons. The molecule has 0 aliphatic carbocycles. The molecule has 0 N–H and O–H groups in total. The number of furan rings is 1. The smallest absolute Gasteiger partial charge is 0.267 e. The molecule has 0 unspecified atom stereocenters. The van der Waals surface area contributed by atoms with E-state index in [0.717, 1.165) is 22.4 Å². The highest BCUT2D eigenvalue weighted by atomic mass is 32.2. The number of ether oxygens (including phenoxy) is 3. The van der Waals surface area contributed by atoms with Crippen LogP contribution in [0.3, 0.4) is 0 Å². The number of nitrogens with zero attached hydrogens (tertiary/aromatic N) is 3. The Labute approximate surface area is 255 Å². The van der Waals surface area contributed by atoms with E-state index in [-0.39, 0.29) is 12.5 Å². The summed E-state index contributed by atoms with van der Waals surface area (Å²) in [5, 5.41) is 9.18. The largest absolute Gasteiger partial charge is 0.493 e. The summed E-state index contributed by atoms with van der Waals surface area (Å²) in [5.74, 6) is 2.83. The lowest BCUT2D eigenvalue weighted by Gasteiger charge is -2.13. The number of hydrogen-bond donors (Lipinski definition) is 0. The van der Waals surface area contributed by atoms with Gasteiger partial charge in [-0.1, -0.05) is 62.4 Å². The second-order valence-electron chi connectivity index (χ2n) is 10.2. The van der Waals surface area contributed by atoms with E-state index < -0.39 is 0 Å². The number of benzene rings is 3. The predicted octanol–water partition coefficient (Wildman–Crippen LogP) is 7.41. The molecule has 9 heteroatoms. The molecule has 1 aliphatic heterocycles. The van der Waals surface area contributed by atoms with Crippen molar-refractivity contribution in [3.05, 3.63) is 119 Å². The van der Waals surface area contributed by atoms with E-state index in [1.54, 1.807) is 30.6 Å². The van der Waals surface area contributed by atoms with Crippen molar-refractivity contribution in [3.8, 4) is 17.2 Å². The monoisotopic (exact) mass is 595 g/mol. The fourth-order valence-electron chi connectivity index (χ4n) is 4.15. The van der Waals surface area contributed by atoms with Crippen LogP contribution in [0.1, 0.15) is 36.3 Å². The van der Waals surface area contributed by atoms with Gasteiger partial charge in [-0.05, 0) is 76.8 Å². The molecule has 0 bridgehead atoms. The Morgan fingerprint density at radius 3 is 2.56 bits per heavy atom. The zero-order valence-corrected chi connectivity index (χ0v) is 25.1. The van der Waals surface area contributed by atoms with Crippen molar-refractivity contribution in [2.75, 3.05) is 13.7 Å². The van der Waals surface area contributed by atoms with Crippen molar-refractivity contribution in [1.82, 2.24) is 4.90 Å². The van der Waals surface area contributed by atoms with E-state index in [4.69, 9.17) is 18.6 Å². The number of carbonyl (C=O) groups is 1. The van der Waals surface area contributed by atoms with Crippen LogP contribution in [0.25, 0.3) is 6.08 Å². The second kappa shape index (κ2) is 14.4. The van der Waals surface area contributed by atoms with E-state index in [1.165, 1.54) is 11.8 Å². The summed E-state index contributed by atoms with van der Waals surface area (Å²) < 4.78 is 22.9. The van der Waals surface area contributed by atoms with Crippen LogP contribution in [-0.4, -0.2) is 35.9 Å². The van der Waals surface area contributed by atoms with Crippen molar-refractivity contribution in [2.24, 2.45) is 16.1 Å². The summed E-state index contributed by atoms with van der Waals surface area (Å²) in [4.78, 5) is 15.6. The van der Waals surface area contributed by atoms with E-state index in [0.29, 0.717) is 46.5 Å². The maximum atomic E-state index is 13.5. The zero-order valence-electron chi connectivity index (χ0n) is 24.3. The van der Waals surface area contributed by atoms with Crippen LogP contribution in [0.2, 0.25) is 0 Å². The molecule has 4 aromatic rings. The minimum absolute atomic E-state index is 0.189. The van der Waals surface area contributed by atoms with Crippen LogP contribution in [0, 0.1) is 5.92 Å². The lowest BCUT2D eigenvalue weighted by atomic mass is 10.1. The number of methoxy groups -OCH3 is 1. The minimum atomic E-state index is -0.189. The quantitative estimate of drug-likeness (QED) is 0.0963. The number of amidine groups is 1. The summed E-state index contributed by atoms with van der Waals surface area (Å²) >= 11 is 1.25. The lowest BCUT2D eigenvalue weighted by Crippen LogP contribution is -2.28. The molecule has 3 aromatic carbocycles. The Kier molecular flexibility index (Phi) is 9.97. The summed E-state index contributed by atoms with van der Waals surface area (Å²) in [7, 11) is 1.60. The van der Waals surface area contributed by atoms with Crippen LogP contribution >= 0.6 is 11.8 Å². The van der Waals surface area contributed by atoms with E-state index in [1.807, 2.05) is 84.9 Å². The SMILES string of the molecule is COc1cc(/C=C2\S/C(=N/N=C\c3cccc(OCc4ccccc4)c3)N(Cc3ccco3)C2=O)ccc1OCC(C)C. The topological polar surface area (TPSA) is 85.9 Å². The molecular weight excluding hydrogens is 562 g/mol. The number of amides is 1. The first-order valence-corrected chi connectivity index (χ1v) is 14.7. The van der Waals surface area contributed by atoms with E-state index in [2.05, 4.69) is 24.1 Å². The Morgan fingerprint density at radius 1 is 0.930 bits per heavy atom. The molecule has 0 saturated carbocycles. The molecule has 0 radical (unpaired) electrons. The molecule has 1 saturated heterocycles. The average Bonchev–Trinajstić information content (AvgIpc) is 3.64. The third-order valence-electron chi connectivity index (χ3n) is 6.30. The molecule has 2 heterocycles. The molecule has 43 heavy (non-hydrogen) atoms. The highest BCUT2D eigenvalue weighted by Crippen LogP contribution is 2.36. The maximum Gasteiger partial charge on any atom is 0.267 e. The first-order chi connectivity index (χ1) is 21.0. The van der Waals surface area contributed by atoms with Gasteiger partial charge in [0.15, 0.2) is 16.7 Å². The molecule has 1 amide bonds. The van der Waals surface area contributed by atoms with Crippen LogP contribution in [-0.2, 0) is 17.9 Å². The standard InChI is InChI=1S/C34H33N3O5S/c1-24(2)22-42-30-15-14-26(18-31(30)39-3)19-32-33(38)37(21-29-13-8-16-40-29)34(43-32)36-35-20-27-11-7-12-28(17-27)41-23-25-9-5-4-6-10-25/h4-20,24H,21-23H2,1-3H3/b32-19-,35-20-,36-34+. The first kappa shape index (κ1) is 29.7. The fraction of sp³-hybridized carbons (Fsp3) is 0.206. The molecule has 1 aliphatic rings. The van der Waals surface area contributed by atoms with Gasteiger partial charge in [0.2, 0.25) is 0 Å². The van der Waals surface area contributed by atoms with Crippen molar-refractivity contribution in [3.63, 3.8) is 0 Å². The summed E-state index contributed by atoms with van der Waals surface area (Å²) in [6, 6.07) is 26.8. The number of carbonyl (C=O) groups excluding carboxylic acids is 1. The molecular formula is C34H33N3O5S. The molecule has 0 atom stereocenters. The van der Waals surface area contributed by atoms with Crippen LogP contribution in [0.5, 0.6) is 17.2 Å². The third kappa shape index (κ3) is 8.17. The van der Waals surface area contributed by atoms with Gasteiger partial charge in [0.1, 0.15) is 18.1 Å². The van der Waals surface area contributed by atoms with Crippen LogP contribution < -0.4 is 14.2 Å². The van der Waals surface area contributed by atoms with Crippen molar-refractivity contribution in [2.45, 2.75) is 27.0 Å². The lowest BCUT2D eigenvalue weighted by molar-refractivity contribution is -0.122. The van der Waals surface area contributed by atoms with Gasteiger partial charge in [0.25, 0.3) is 5.91 Å². The Morgan fingerprint density at radius 2 is 1.79 bits per heavy atom. The highest BCUT2D eigenvalue weighted by molar-refractivity contribution is 8.18. The van der Waals surface area contributed by atoms with Crippen LogP contribution in [0.15, 0.2) is 111 Å². The van der Waals surface area contributed by atoms with Gasteiger partial charge >= 0.3 is 0 Å². The number of thioether (sulfide) groups is 1. The van der Waals surface area contributed by atoms with Crippen LogP contribution in [0.4, 0.5) is 0 Å². The number of rotatable bonds is 12. The van der Waals surface area contributed by atoms with Gasteiger partial charge in [-0.2, -0.15) is 5.10 Å². The van der Waals surface area contributed by atoms with Gasteiger partial charge in [0, 0.05) is 0 Å². The Hall–Kier alpha value is -4.76. The van der Waals surface area contributed by atoms with Gasteiger partial charge in [0.05, 0.1) is 37.6 Å². The first-order valence-electron chi connectivity index (χ1n) is 13.9. The van der Waals surface area contributed by atoms with Crippen molar-refractivity contribution < 1.29 is 23.4 Å². The summed E-state index contributed by atoms with van der Waals surface area (Å²) in [6.45, 7) is 5.46. The van der Waals surface area contributed by atoms with Gasteiger partial charge in [-0.25, -0.2) is 0 Å². The fourth-order valence-corrected chi connectivity index (χ4v) is 5.09. The highest BCUT2D eigenvalue weighted by Gasteiger charge is 2.34. The van der Waals surface area contributed by atoms with Crippen molar-refractivity contribution in [1.29, 1.82) is 0 Å². The van der Waals surface area contributed by atoms with Gasteiger partial charge in [-0.3, -0.25) is 9.69 Å². The number of hydrogen-bond acceptors (Lipinski definition) is 8. The molecule has 1 aromatic heterocycles. The van der Waals surface area contributed by atoms with Gasteiger partial charge in [-0.15, -0.1) is 5.10 Å². The molecule has 1 fully saturated rings. The normalized spacial score (nSPS) is 15.3. The average molecular weight is 596 g/mol. The summed E-state index contributed by atoms with van der Waals surface area (Å²) in [5.41, 5.74) is 2.72.